The smallest absolute Gasteiger partial charge is 0.294 e. The van der Waals surface area contributed by atoms with Crippen LogP contribution in [0.5, 0.6) is 0 Å². The van der Waals surface area contributed by atoms with E-state index in [0.29, 0.717) is 10.8 Å². The summed E-state index contributed by atoms with van der Waals surface area (Å²) >= 11 is 0. The molecule has 2 heterocycles. The largest absolute Gasteiger partial charge is 0.370 e. The van der Waals surface area contributed by atoms with E-state index in [1.807, 2.05) is 12.1 Å². The summed E-state index contributed by atoms with van der Waals surface area (Å²) in [5, 5.41) is 28.8. The molecule has 10 nitrogen and oxygen atoms in total. The standard InChI is InChI=1S/C20H2N10/c1-24-12-5-11-10(4-9(12)6-21)15-17(28-14(8-23)13(7-22)27-15)18-16(11)29-19(25-2)20(26-3)30-18/h4-5H. The summed E-state index contributed by atoms with van der Waals surface area (Å²) in [6.45, 7) is 21.9. The maximum Gasteiger partial charge on any atom is 0.294 e. The summed E-state index contributed by atoms with van der Waals surface area (Å²) < 4.78 is 0. The third-order valence-electron chi connectivity index (χ3n) is 4.29. The van der Waals surface area contributed by atoms with Crippen molar-refractivity contribution in [2.45, 2.75) is 0 Å². The third-order valence-corrected chi connectivity index (χ3v) is 4.29. The second kappa shape index (κ2) is 6.49. The number of benzene rings is 2. The van der Waals surface area contributed by atoms with E-state index in [9.17, 15) is 15.8 Å². The van der Waals surface area contributed by atoms with Crippen LogP contribution in [0.3, 0.4) is 0 Å². The molecule has 0 amide bonds. The number of hydrogen-bond acceptors (Lipinski definition) is 7. The molecule has 0 radical (unpaired) electrons. The summed E-state index contributed by atoms with van der Waals surface area (Å²) in [7, 11) is 0. The Hall–Kier alpha value is -5.68. The van der Waals surface area contributed by atoms with Crippen molar-refractivity contribution in [1.82, 2.24) is 19.9 Å². The van der Waals surface area contributed by atoms with Gasteiger partial charge >= 0.3 is 0 Å². The summed E-state index contributed by atoms with van der Waals surface area (Å²) in [6.07, 6.45) is 0. The quantitative estimate of drug-likeness (QED) is 0.331. The van der Waals surface area contributed by atoms with Crippen molar-refractivity contribution < 1.29 is 0 Å². The van der Waals surface area contributed by atoms with Gasteiger partial charge < -0.3 is 9.69 Å². The van der Waals surface area contributed by atoms with Crippen LogP contribution in [-0.4, -0.2) is 19.9 Å². The molecular weight excluding hydrogens is 380 g/mol. The first-order valence-electron chi connectivity index (χ1n) is 7.96. The molecule has 0 fully saturated rings. The average Bonchev–Trinajstić information content (AvgIpc) is 2.81. The molecule has 0 aliphatic rings. The van der Waals surface area contributed by atoms with Gasteiger partial charge in [0, 0.05) is 10.8 Å². The van der Waals surface area contributed by atoms with Gasteiger partial charge in [-0.15, -0.1) is 9.97 Å². The summed E-state index contributed by atoms with van der Waals surface area (Å²) in [5.41, 5.74) is 0.243. The average molecular weight is 382 g/mol. The fourth-order valence-electron chi connectivity index (χ4n) is 3.03. The first-order valence-corrected chi connectivity index (χ1v) is 7.96. The SMILES string of the molecule is [C-]#[N+]c1cc2c(cc1C#N)c1nc(C#N)c(C#N)nc1c1nc([N+]#[C-])c([N+]#[C-])nc21. The lowest BCUT2D eigenvalue weighted by atomic mass is 10.0. The normalized spacial score (nSPS) is 9.80. The van der Waals surface area contributed by atoms with Crippen molar-refractivity contribution in [1.29, 1.82) is 15.8 Å². The zero-order valence-corrected chi connectivity index (χ0v) is 14.6. The van der Waals surface area contributed by atoms with Gasteiger partial charge in [0.05, 0.1) is 18.2 Å². The fourth-order valence-corrected chi connectivity index (χ4v) is 3.03. The first-order chi connectivity index (χ1) is 14.6. The maximum atomic E-state index is 9.40. The Morgan fingerprint density at radius 2 is 1.13 bits per heavy atom. The first kappa shape index (κ1) is 17.7. The number of aromatic nitrogens is 4. The van der Waals surface area contributed by atoms with Crippen molar-refractivity contribution in [3.8, 4) is 18.2 Å². The molecule has 0 aliphatic heterocycles. The van der Waals surface area contributed by atoms with E-state index >= 15 is 0 Å². The number of hydrogen-bond donors (Lipinski definition) is 0. The molecule has 10 heteroatoms. The molecule has 0 aliphatic carbocycles. The van der Waals surface area contributed by atoms with E-state index in [0.717, 1.165) is 0 Å². The maximum absolute atomic E-state index is 9.40. The topological polar surface area (TPSA) is 136 Å². The predicted octanol–water partition coefficient (Wildman–Crippen LogP) is 3.99. The van der Waals surface area contributed by atoms with Crippen molar-refractivity contribution in [2.75, 3.05) is 0 Å². The zero-order chi connectivity index (χ0) is 21.4. The number of fused-ring (bicyclic) bond motifs is 6. The highest BCUT2D eigenvalue weighted by Gasteiger charge is 2.24. The van der Waals surface area contributed by atoms with E-state index in [-0.39, 0.29) is 56.3 Å². The van der Waals surface area contributed by atoms with E-state index in [4.69, 9.17) is 19.7 Å². The lowest BCUT2D eigenvalue weighted by Crippen LogP contribution is -1.99. The lowest BCUT2D eigenvalue weighted by Gasteiger charge is -2.07. The van der Waals surface area contributed by atoms with Crippen LogP contribution in [0.2, 0.25) is 0 Å². The molecular formula is C20H2N10. The summed E-state index contributed by atoms with van der Waals surface area (Å²) in [4.78, 5) is 26.7. The molecule has 2 aromatic carbocycles. The molecule has 0 atom stereocenters. The van der Waals surface area contributed by atoms with Gasteiger partial charge in [0.25, 0.3) is 11.6 Å². The Balaban J connectivity index is 2.42. The summed E-state index contributed by atoms with van der Waals surface area (Å²) in [5.74, 6) is -0.476. The van der Waals surface area contributed by atoms with Gasteiger partial charge in [-0.1, -0.05) is 13.1 Å². The highest BCUT2D eigenvalue weighted by atomic mass is 15.0. The van der Waals surface area contributed by atoms with Crippen LogP contribution in [0, 0.1) is 53.7 Å². The van der Waals surface area contributed by atoms with E-state index in [1.54, 1.807) is 6.07 Å². The molecule has 0 spiro atoms. The molecule has 0 saturated heterocycles. The van der Waals surface area contributed by atoms with Crippen LogP contribution >= 0.6 is 0 Å². The second-order valence-corrected chi connectivity index (χ2v) is 5.77. The monoisotopic (exact) mass is 382 g/mol. The van der Waals surface area contributed by atoms with Crippen LogP contribution in [0.25, 0.3) is 47.4 Å². The van der Waals surface area contributed by atoms with Crippen LogP contribution in [-0.2, 0) is 0 Å². The molecule has 0 N–H and O–H groups in total. The molecule has 0 saturated carbocycles. The minimum atomic E-state index is -0.248. The fraction of sp³-hybridized carbons (Fsp3) is 0. The Bertz CT molecular complexity index is 1350. The van der Waals surface area contributed by atoms with Crippen LogP contribution in [0.15, 0.2) is 12.1 Å². The molecule has 4 aromatic rings. The van der Waals surface area contributed by atoms with Gasteiger partial charge in [0.1, 0.15) is 23.2 Å². The third kappa shape index (κ3) is 2.31. The van der Waals surface area contributed by atoms with Gasteiger partial charge in [-0.25, -0.2) is 14.8 Å². The highest BCUT2D eigenvalue weighted by molar-refractivity contribution is 6.22. The number of nitrogens with zero attached hydrogens (tertiary/aromatic N) is 10. The predicted molar refractivity (Wildman–Crippen MR) is 103 cm³/mol. The van der Waals surface area contributed by atoms with Gasteiger partial charge in [-0.05, 0) is 12.1 Å². The van der Waals surface area contributed by atoms with E-state index in [2.05, 4.69) is 34.5 Å². The molecule has 132 valence electrons. The van der Waals surface area contributed by atoms with Crippen molar-refractivity contribution in [2.24, 2.45) is 0 Å². The van der Waals surface area contributed by atoms with Crippen LogP contribution < -0.4 is 0 Å². The minimum Gasteiger partial charge on any atom is -0.370 e. The molecule has 0 bridgehead atoms. The Morgan fingerprint density at radius 1 is 0.633 bits per heavy atom. The van der Waals surface area contributed by atoms with Gasteiger partial charge in [-0.3, -0.25) is 0 Å². The van der Waals surface area contributed by atoms with Crippen molar-refractivity contribution in [3.63, 3.8) is 0 Å². The van der Waals surface area contributed by atoms with Crippen molar-refractivity contribution >= 4 is 50.2 Å². The summed E-state index contributed by atoms with van der Waals surface area (Å²) in [6, 6.07) is 8.40. The molecule has 2 aromatic heterocycles. The van der Waals surface area contributed by atoms with Crippen molar-refractivity contribution in [3.05, 3.63) is 63.3 Å². The van der Waals surface area contributed by atoms with Crippen LogP contribution in [0.4, 0.5) is 17.3 Å². The zero-order valence-electron chi connectivity index (χ0n) is 14.6. The number of nitriles is 3. The minimum absolute atomic E-state index is 0.0631. The van der Waals surface area contributed by atoms with Crippen LogP contribution in [0.1, 0.15) is 17.0 Å². The Labute approximate surface area is 168 Å². The molecule has 30 heavy (non-hydrogen) atoms. The molecule has 0 unspecified atom stereocenters. The lowest BCUT2D eigenvalue weighted by molar-refractivity contribution is 1.20. The number of rotatable bonds is 0. The van der Waals surface area contributed by atoms with Gasteiger partial charge in [0.15, 0.2) is 11.4 Å². The highest BCUT2D eigenvalue weighted by Crippen LogP contribution is 2.38. The van der Waals surface area contributed by atoms with Gasteiger partial charge in [-0.2, -0.15) is 15.8 Å². The van der Waals surface area contributed by atoms with E-state index in [1.165, 1.54) is 12.1 Å². The molecule has 4 rings (SSSR count). The Kier molecular flexibility index (Phi) is 3.83. The Morgan fingerprint density at radius 3 is 1.67 bits per heavy atom. The van der Waals surface area contributed by atoms with E-state index < -0.39 is 0 Å². The van der Waals surface area contributed by atoms with Gasteiger partial charge in [0.2, 0.25) is 16.7 Å². The second-order valence-electron chi connectivity index (χ2n) is 5.77.